The highest BCUT2D eigenvalue weighted by molar-refractivity contribution is 5.87. The van der Waals surface area contributed by atoms with Crippen molar-refractivity contribution in [2.45, 2.75) is 38.1 Å². The van der Waals surface area contributed by atoms with E-state index in [0.717, 1.165) is 12.0 Å². The first-order valence-corrected chi connectivity index (χ1v) is 9.13. The molecule has 2 aliphatic rings. The summed E-state index contributed by atoms with van der Waals surface area (Å²) in [6.45, 7) is 2.89. The Kier molecular flexibility index (Phi) is 5.97. The van der Waals surface area contributed by atoms with E-state index in [1.165, 1.54) is 52.0 Å². The van der Waals surface area contributed by atoms with Crippen LogP contribution in [0.2, 0.25) is 0 Å². The van der Waals surface area contributed by atoms with E-state index in [9.17, 15) is 9.90 Å². The van der Waals surface area contributed by atoms with Gasteiger partial charge in [-0.2, -0.15) is 0 Å². The number of carbonyl (C=O) groups excluding carboxylic acids is 1. The van der Waals surface area contributed by atoms with Gasteiger partial charge in [0.05, 0.1) is 13.7 Å². The van der Waals surface area contributed by atoms with Crippen LogP contribution in [0.3, 0.4) is 0 Å². The molecule has 0 bridgehead atoms. The maximum atomic E-state index is 12.0. The summed E-state index contributed by atoms with van der Waals surface area (Å²) in [6, 6.07) is 5.53. The summed E-state index contributed by atoms with van der Waals surface area (Å²) in [4.78, 5) is 14.6. The van der Waals surface area contributed by atoms with Crippen LogP contribution in [-0.2, 0) is 9.53 Å². The number of esters is 1. The van der Waals surface area contributed by atoms with Gasteiger partial charge < -0.3 is 14.6 Å². The van der Waals surface area contributed by atoms with Crippen molar-refractivity contribution < 1.29 is 19.4 Å². The molecule has 2 unspecified atom stereocenters. The molecule has 0 radical (unpaired) electrons. The zero-order chi connectivity index (χ0) is 17.6. The van der Waals surface area contributed by atoms with E-state index in [2.05, 4.69) is 4.90 Å². The molecule has 2 aliphatic heterocycles. The first kappa shape index (κ1) is 17.8. The molecule has 5 heteroatoms. The van der Waals surface area contributed by atoms with Crippen LogP contribution < -0.4 is 4.74 Å². The van der Waals surface area contributed by atoms with Crippen LogP contribution in [0.1, 0.15) is 37.7 Å². The zero-order valence-electron chi connectivity index (χ0n) is 14.8. The van der Waals surface area contributed by atoms with Gasteiger partial charge >= 0.3 is 5.97 Å². The van der Waals surface area contributed by atoms with Gasteiger partial charge in [-0.05, 0) is 62.5 Å². The number of hydrogen-bond acceptors (Lipinski definition) is 5. The molecule has 5 nitrogen and oxygen atoms in total. The molecule has 0 aliphatic carbocycles. The number of piperidine rings is 2. The number of methoxy groups -OCH3 is 1. The summed E-state index contributed by atoms with van der Waals surface area (Å²) < 4.78 is 10.6. The predicted octanol–water partition coefficient (Wildman–Crippen LogP) is 3.22. The van der Waals surface area contributed by atoms with E-state index >= 15 is 0 Å². The Morgan fingerprint density at radius 3 is 2.96 bits per heavy atom. The Labute approximate surface area is 149 Å². The van der Waals surface area contributed by atoms with Crippen LogP contribution in [0.5, 0.6) is 11.5 Å². The van der Waals surface area contributed by atoms with E-state index in [0.29, 0.717) is 24.3 Å². The van der Waals surface area contributed by atoms with Gasteiger partial charge in [-0.25, -0.2) is 4.79 Å². The lowest BCUT2D eigenvalue weighted by Crippen LogP contribution is -2.49. The molecular weight excluding hydrogens is 318 g/mol. The van der Waals surface area contributed by atoms with Crippen molar-refractivity contribution >= 4 is 12.0 Å². The number of fused-ring (bicyclic) bond motifs is 1. The van der Waals surface area contributed by atoms with Crippen molar-refractivity contribution in [2.24, 2.45) is 5.92 Å². The number of phenols is 1. The largest absolute Gasteiger partial charge is 0.504 e. The van der Waals surface area contributed by atoms with Gasteiger partial charge in [0.1, 0.15) is 0 Å². The van der Waals surface area contributed by atoms with Crippen molar-refractivity contribution in [3.63, 3.8) is 0 Å². The second-order valence-electron chi connectivity index (χ2n) is 6.90. The summed E-state index contributed by atoms with van der Waals surface area (Å²) in [7, 11) is 1.50. The van der Waals surface area contributed by atoms with Crippen molar-refractivity contribution in [3.05, 3.63) is 29.8 Å². The van der Waals surface area contributed by atoms with Crippen LogP contribution in [-0.4, -0.2) is 48.8 Å². The third-order valence-corrected chi connectivity index (χ3v) is 5.28. The first-order valence-electron chi connectivity index (χ1n) is 9.13. The minimum absolute atomic E-state index is 0.0801. The second kappa shape index (κ2) is 8.39. The molecule has 2 saturated heterocycles. The molecule has 2 heterocycles. The zero-order valence-corrected chi connectivity index (χ0v) is 14.8. The molecule has 0 spiro atoms. The van der Waals surface area contributed by atoms with Crippen LogP contribution in [0.25, 0.3) is 6.08 Å². The van der Waals surface area contributed by atoms with Gasteiger partial charge in [0.15, 0.2) is 11.5 Å². The molecule has 0 saturated carbocycles. The molecule has 25 heavy (non-hydrogen) atoms. The average Bonchev–Trinajstić information content (AvgIpc) is 2.65. The third kappa shape index (κ3) is 4.54. The SMILES string of the molecule is COc1cc(/C=C/C(=O)OCC2CCCN3CCCCC23)ccc1O. The summed E-state index contributed by atoms with van der Waals surface area (Å²) in [5.74, 6) is 0.604. The lowest BCUT2D eigenvalue weighted by Gasteiger charge is -2.44. The minimum atomic E-state index is -0.319. The number of nitrogens with zero attached hydrogens (tertiary/aromatic N) is 1. The fourth-order valence-corrected chi connectivity index (χ4v) is 3.97. The first-order chi connectivity index (χ1) is 12.2. The van der Waals surface area contributed by atoms with Gasteiger partial charge in [-0.3, -0.25) is 4.90 Å². The van der Waals surface area contributed by atoms with E-state index in [1.54, 1.807) is 24.3 Å². The van der Waals surface area contributed by atoms with Gasteiger partial charge in [-0.1, -0.05) is 12.5 Å². The predicted molar refractivity (Wildman–Crippen MR) is 96.6 cm³/mol. The molecule has 1 aromatic rings. The van der Waals surface area contributed by atoms with Gasteiger partial charge in [-0.15, -0.1) is 0 Å². The monoisotopic (exact) mass is 345 g/mol. The fourth-order valence-electron chi connectivity index (χ4n) is 3.97. The minimum Gasteiger partial charge on any atom is -0.504 e. The molecule has 0 aromatic heterocycles. The van der Waals surface area contributed by atoms with E-state index in [1.807, 2.05) is 0 Å². The molecule has 3 rings (SSSR count). The molecular formula is C20H27NO4. The van der Waals surface area contributed by atoms with Gasteiger partial charge in [0.25, 0.3) is 0 Å². The summed E-state index contributed by atoms with van der Waals surface area (Å²) in [5.41, 5.74) is 0.780. The van der Waals surface area contributed by atoms with Crippen molar-refractivity contribution in [1.29, 1.82) is 0 Å². The Morgan fingerprint density at radius 1 is 1.28 bits per heavy atom. The third-order valence-electron chi connectivity index (χ3n) is 5.28. The van der Waals surface area contributed by atoms with Crippen LogP contribution in [0.15, 0.2) is 24.3 Å². The molecule has 1 aromatic carbocycles. The maximum Gasteiger partial charge on any atom is 0.330 e. The Balaban J connectivity index is 1.52. The van der Waals surface area contributed by atoms with E-state index in [4.69, 9.17) is 9.47 Å². The fraction of sp³-hybridized carbons (Fsp3) is 0.550. The Bertz CT molecular complexity index is 626. The average molecular weight is 345 g/mol. The molecule has 0 amide bonds. The number of aromatic hydroxyl groups is 1. The van der Waals surface area contributed by atoms with Crippen LogP contribution >= 0.6 is 0 Å². The Hall–Kier alpha value is -2.01. The summed E-state index contributed by atoms with van der Waals surface area (Å²) in [6.07, 6.45) is 9.27. The molecule has 136 valence electrons. The van der Waals surface area contributed by atoms with Crippen LogP contribution in [0, 0.1) is 5.92 Å². The van der Waals surface area contributed by atoms with Crippen molar-refractivity contribution in [3.8, 4) is 11.5 Å². The lowest BCUT2D eigenvalue weighted by molar-refractivity contribution is -0.140. The summed E-state index contributed by atoms with van der Waals surface area (Å²) >= 11 is 0. The number of benzene rings is 1. The number of carbonyl (C=O) groups is 1. The lowest BCUT2D eigenvalue weighted by atomic mass is 9.84. The van der Waals surface area contributed by atoms with Crippen molar-refractivity contribution in [2.75, 3.05) is 26.8 Å². The van der Waals surface area contributed by atoms with Crippen LogP contribution in [0.4, 0.5) is 0 Å². The van der Waals surface area contributed by atoms with Gasteiger partial charge in [0.2, 0.25) is 0 Å². The van der Waals surface area contributed by atoms with E-state index in [-0.39, 0.29) is 11.7 Å². The topological polar surface area (TPSA) is 59.0 Å². The molecule has 1 N–H and O–H groups in total. The smallest absolute Gasteiger partial charge is 0.330 e. The number of phenolic OH excluding ortho intramolecular Hbond substituents is 1. The van der Waals surface area contributed by atoms with Gasteiger partial charge in [0, 0.05) is 18.0 Å². The Morgan fingerprint density at radius 2 is 2.12 bits per heavy atom. The number of hydrogen-bond donors (Lipinski definition) is 1. The highest BCUT2D eigenvalue weighted by Crippen LogP contribution is 2.31. The van der Waals surface area contributed by atoms with Crippen molar-refractivity contribution in [1.82, 2.24) is 4.90 Å². The van der Waals surface area contributed by atoms with E-state index < -0.39 is 0 Å². The summed E-state index contributed by atoms with van der Waals surface area (Å²) in [5, 5.41) is 9.59. The highest BCUT2D eigenvalue weighted by atomic mass is 16.5. The standard InChI is InChI=1S/C20H27NO4/c1-24-19-13-15(7-9-18(19)22)8-10-20(23)25-14-16-5-4-12-21-11-3-2-6-17(16)21/h7-10,13,16-17,22H,2-6,11-12,14H2,1H3/b10-8+. The maximum absolute atomic E-state index is 12.0. The number of rotatable bonds is 5. The normalized spacial score (nSPS) is 24.0. The molecule has 2 atom stereocenters. The molecule has 2 fully saturated rings. The second-order valence-corrected chi connectivity index (χ2v) is 6.90. The number of ether oxygens (including phenoxy) is 2. The highest BCUT2D eigenvalue weighted by Gasteiger charge is 2.33. The quantitative estimate of drug-likeness (QED) is 0.656.